The SMILES string of the molecule is CC(C)n1cc(N)cc1C(=O)NCC(C)(C)CO. The highest BCUT2D eigenvalue weighted by molar-refractivity contribution is 5.93. The number of rotatable bonds is 5. The van der Waals surface area contributed by atoms with Gasteiger partial charge in [0.1, 0.15) is 5.69 Å². The molecule has 1 rings (SSSR count). The third kappa shape index (κ3) is 3.50. The van der Waals surface area contributed by atoms with Gasteiger partial charge in [0.25, 0.3) is 5.91 Å². The van der Waals surface area contributed by atoms with E-state index in [-0.39, 0.29) is 24.0 Å². The van der Waals surface area contributed by atoms with E-state index in [9.17, 15) is 4.79 Å². The van der Waals surface area contributed by atoms with Crippen molar-refractivity contribution >= 4 is 11.6 Å². The molecule has 5 nitrogen and oxygen atoms in total. The van der Waals surface area contributed by atoms with Gasteiger partial charge in [-0.3, -0.25) is 4.79 Å². The van der Waals surface area contributed by atoms with Gasteiger partial charge in [-0.2, -0.15) is 0 Å². The van der Waals surface area contributed by atoms with E-state index in [0.717, 1.165) is 0 Å². The average molecular weight is 253 g/mol. The van der Waals surface area contributed by atoms with Crippen molar-refractivity contribution in [3.63, 3.8) is 0 Å². The Morgan fingerprint density at radius 2 is 2.17 bits per heavy atom. The van der Waals surface area contributed by atoms with Gasteiger partial charge in [-0.25, -0.2) is 0 Å². The molecule has 1 amide bonds. The van der Waals surface area contributed by atoms with Crippen molar-refractivity contribution in [2.45, 2.75) is 33.7 Å². The molecule has 0 atom stereocenters. The predicted octanol–water partition coefficient (Wildman–Crippen LogP) is 1.40. The molecular formula is C13H23N3O2. The largest absolute Gasteiger partial charge is 0.397 e. The molecule has 0 saturated heterocycles. The van der Waals surface area contributed by atoms with Gasteiger partial charge in [0.05, 0.1) is 5.69 Å². The van der Waals surface area contributed by atoms with Crippen molar-refractivity contribution < 1.29 is 9.90 Å². The number of hydrogen-bond acceptors (Lipinski definition) is 3. The Labute approximate surface area is 108 Å². The van der Waals surface area contributed by atoms with E-state index in [1.54, 1.807) is 12.3 Å². The summed E-state index contributed by atoms with van der Waals surface area (Å²) in [4.78, 5) is 12.1. The van der Waals surface area contributed by atoms with E-state index < -0.39 is 0 Å². The van der Waals surface area contributed by atoms with Crippen LogP contribution in [0.4, 0.5) is 5.69 Å². The molecule has 0 radical (unpaired) electrons. The standard InChI is InChI=1S/C13H23N3O2/c1-9(2)16-6-10(14)5-11(16)12(18)15-7-13(3,4)8-17/h5-6,9,17H,7-8,14H2,1-4H3,(H,15,18). The lowest BCUT2D eigenvalue weighted by Gasteiger charge is -2.22. The maximum Gasteiger partial charge on any atom is 0.268 e. The minimum absolute atomic E-state index is 0.0284. The number of aromatic nitrogens is 1. The molecule has 18 heavy (non-hydrogen) atoms. The number of nitrogens with two attached hydrogens (primary N) is 1. The van der Waals surface area contributed by atoms with Crippen molar-refractivity contribution in [2.24, 2.45) is 5.41 Å². The summed E-state index contributed by atoms with van der Waals surface area (Å²) in [6.07, 6.45) is 1.76. The number of nitrogens with one attached hydrogen (secondary N) is 1. The molecule has 4 N–H and O–H groups in total. The van der Waals surface area contributed by atoms with Crippen LogP contribution in [0, 0.1) is 5.41 Å². The summed E-state index contributed by atoms with van der Waals surface area (Å²) in [5.74, 6) is -0.165. The first-order chi connectivity index (χ1) is 8.26. The number of amides is 1. The van der Waals surface area contributed by atoms with Gasteiger partial charge >= 0.3 is 0 Å². The fourth-order valence-electron chi connectivity index (χ4n) is 1.58. The second-order valence-electron chi connectivity index (χ2n) is 5.66. The molecule has 0 aliphatic rings. The van der Waals surface area contributed by atoms with Gasteiger partial charge in [-0.05, 0) is 19.9 Å². The number of carbonyl (C=O) groups is 1. The van der Waals surface area contributed by atoms with E-state index in [2.05, 4.69) is 5.32 Å². The van der Waals surface area contributed by atoms with E-state index in [1.807, 2.05) is 32.3 Å². The Morgan fingerprint density at radius 3 is 2.67 bits per heavy atom. The Bertz CT molecular complexity index is 422. The van der Waals surface area contributed by atoms with Crippen LogP contribution in [0.1, 0.15) is 44.2 Å². The molecule has 1 heterocycles. The molecule has 0 fully saturated rings. The van der Waals surface area contributed by atoms with Crippen LogP contribution in [-0.4, -0.2) is 28.7 Å². The van der Waals surface area contributed by atoms with Gasteiger partial charge in [0.15, 0.2) is 0 Å². The van der Waals surface area contributed by atoms with E-state index in [1.165, 1.54) is 0 Å². The lowest BCUT2D eigenvalue weighted by atomic mass is 9.95. The quantitative estimate of drug-likeness (QED) is 0.742. The van der Waals surface area contributed by atoms with Crippen molar-refractivity contribution in [1.29, 1.82) is 0 Å². The van der Waals surface area contributed by atoms with Crippen LogP contribution in [0.2, 0.25) is 0 Å². The second kappa shape index (κ2) is 5.44. The molecule has 0 unspecified atom stereocenters. The van der Waals surface area contributed by atoms with Crippen molar-refractivity contribution in [3.05, 3.63) is 18.0 Å². The molecule has 0 bridgehead atoms. The summed E-state index contributed by atoms with van der Waals surface area (Å²) in [5.41, 5.74) is 6.53. The number of aliphatic hydroxyl groups is 1. The summed E-state index contributed by atoms with van der Waals surface area (Å²) < 4.78 is 1.84. The molecule has 0 aliphatic carbocycles. The fraction of sp³-hybridized carbons (Fsp3) is 0.615. The predicted molar refractivity (Wildman–Crippen MR) is 72.4 cm³/mol. The molecule has 1 aromatic rings. The molecule has 0 saturated carbocycles. The molecule has 0 spiro atoms. The highest BCUT2D eigenvalue weighted by Gasteiger charge is 2.20. The lowest BCUT2D eigenvalue weighted by Crippen LogP contribution is -2.36. The lowest BCUT2D eigenvalue weighted by molar-refractivity contribution is 0.0900. The van der Waals surface area contributed by atoms with E-state index in [0.29, 0.717) is 17.9 Å². The van der Waals surface area contributed by atoms with Crippen LogP contribution in [0.3, 0.4) is 0 Å². The zero-order valence-electron chi connectivity index (χ0n) is 11.5. The average Bonchev–Trinajstić information content (AvgIpc) is 2.68. The molecule has 0 aliphatic heterocycles. The molecule has 102 valence electrons. The third-order valence-corrected chi connectivity index (χ3v) is 2.81. The van der Waals surface area contributed by atoms with E-state index in [4.69, 9.17) is 10.8 Å². The van der Waals surface area contributed by atoms with Crippen LogP contribution < -0.4 is 11.1 Å². The number of anilines is 1. The zero-order chi connectivity index (χ0) is 13.9. The Balaban J connectivity index is 2.79. The first-order valence-electron chi connectivity index (χ1n) is 6.13. The first kappa shape index (κ1) is 14.6. The number of nitrogen functional groups attached to an aromatic ring is 1. The topological polar surface area (TPSA) is 80.3 Å². The summed E-state index contributed by atoms with van der Waals surface area (Å²) >= 11 is 0. The third-order valence-electron chi connectivity index (χ3n) is 2.81. The number of carbonyl (C=O) groups excluding carboxylic acids is 1. The maximum absolute atomic E-state index is 12.1. The molecule has 5 heteroatoms. The zero-order valence-corrected chi connectivity index (χ0v) is 11.5. The number of aliphatic hydroxyl groups excluding tert-OH is 1. The van der Waals surface area contributed by atoms with Gasteiger partial charge in [-0.1, -0.05) is 13.8 Å². The van der Waals surface area contributed by atoms with Crippen LogP contribution in [-0.2, 0) is 0 Å². The highest BCUT2D eigenvalue weighted by atomic mass is 16.3. The Kier molecular flexibility index (Phi) is 4.40. The normalized spacial score (nSPS) is 11.9. The summed E-state index contributed by atoms with van der Waals surface area (Å²) in [6.45, 7) is 8.22. The molecular weight excluding hydrogens is 230 g/mol. The number of hydrogen-bond donors (Lipinski definition) is 3. The van der Waals surface area contributed by atoms with Crippen LogP contribution in [0.5, 0.6) is 0 Å². The van der Waals surface area contributed by atoms with Gasteiger partial charge in [0.2, 0.25) is 0 Å². The number of nitrogens with zero attached hydrogens (tertiary/aromatic N) is 1. The smallest absolute Gasteiger partial charge is 0.268 e. The van der Waals surface area contributed by atoms with E-state index >= 15 is 0 Å². The van der Waals surface area contributed by atoms with Gasteiger partial charge in [0, 0.05) is 30.8 Å². The van der Waals surface area contributed by atoms with Crippen LogP contribution in [0.15, 0.2) is 12.3 Å². The van der Waals surface area contributed by atoms with Gasteiger partial charge < -0.3 is 20.7 Å². The van der Waals surface area contributed by atoms with Crippen LogP contribution in [0.25, 0.3) is 0 Å². The Morgan fingerprint density at radius 1 is 1.56 bits per heavy atom. The molecule has 0 aromatic carbocycles. The summed E-state index contributed by atoms with van der Waals surface area (Å²) in [7, 11) is 0. The minimum atomic E-state index is -0.323. The van der Waals surface area contributed by atoms with Gasteiger partial charge in [-0.15, -0.1) is 0 Å². The highest BCUT2D eigenvalue weighted by Crippen LogP contribution is 2.17. The molecule has 1 aromatic heterocycles. The second-order valence-corrected chi connectivity index (χ2v) is 5.66. The first-order valence-corrected chi connectivity index (χ1v) is 6.13. The summed E-state index contributed by atoms with van der Waals surface area (Å²) in [6, 6.07) is 1.84. The minimum Gasteiger partial charge on any atom is -0.397 e. The Hall–Kier alpha value is -1.49. The fourth-order valence-corrected chi connectivity index (χ4v) is 1.58. The van der Waals surface area contributed by atoms with Crippen molar-refractivity contribution in [2.75, 3.05) is 18.9 Å². The monoisotopic (exact) mass is 253 g/mol. The van der Waals surface area contributed by atoms with Crippen molar-refractivity contribution in [1.82, 2.24) is 9.88 Å². The van der Waals surface area contributed by atoms with Crippen LogP contribution >= 0.6 is 0 Å². The van der Waals surface area contributed by atoms with Crippen molar-refractivity contribution in [3.8, 4) is 0 Å². The summed E-state index contributed by atoms with van der Waals surface area (Å²) in [5, 5.41) is 12.0. The maximum atomic E-state index is 12.1.